The number of hydrogen-bond donors (Lipinski definition) is 1. The number of pyridine rings is 1. The van der Waals surface area contributed by atoms with Gasteiger partial charge in [-0.05, 0) is 95.4 Å². The van der Waals surface area contributed by atoms with Gasteiger partial charge < -0.3 is 5.11 Å². The molecule has 8 rings (SSSR count). The van der Waals surface area contributed by atoms with Gasteiger partial charge in [-0.15, -0.1) is 29.3 Å². The van der Waals surface area contributed by atoms with Gasteiger partial charge in [0.1, 0.15) is 11.6 Å². The third-order valence-electron chi connectivity index (χ3n) is 9.89. The first-order chi connectivity index (χ1) is 26.8. The van der Waals surface area contributed by atoms with Gasteiger partial charge >= 0.3 is 0 Å². The molecule has 0 spiro atoms. The van der Waals surface area contributed by atoms with E-state index in [1.165, 1.54) is 0 Å². The van der Waals surface area contributed by atoms with Crippen molar-refractivity contribution in [3.63, 3.8) is 0 Å². The van der Waals surface area contributed by atoms with Crippen molar-refractivity contribution in [3.05, 3.63) is 168 Å². The number of aromatic hydroxyl groups is 1. The van der Waals surface area contributed by atoms with Gasteiger partial charge in [0.05, 0.1) is 16.6 Å². The molecule has 0 aliphatic carbocycles. The van der Waals surface area contributed by atoms with E-state index < -0.39 is 6.85 Å². The second-order valence-electron chi connectivity index (χ2n) is 14.8. The predicted octanol–water partition coefficient (Wildman–Crippen LogP) is 12.5. The number of para-hydroxylation sites is 1. The summed E-state index contributed by atoms with van der Waals surface area (Å²) in [5, 5.41) is 11.6. The minimum Gasteiger partial charge on any atom is -0.507 e. The second kappa shape index (κ2) is 14.7. The van der Waals surface area contributed by atoms with Gasteiger partial charge in [-0.25, -0.2) is 4.98 Å². The SMILES string of the molecule is [2H]C([2H])([2H])c1cc(-n2c(-c3cc(C)cc(C)c3O)nc3c(-c4[c-]c(-c5cc(-c6ccccc6)ccn5)cc(C(C)(C)C)c4)cccc32)ccc1-c1ccccc1.[Pt]. The van der Waals surface area contributed by atoms with Crippen LogP contribution in [0.5, 0.6) is 5.75 Å². The number of phenols is 1. The summed E-state index contributed by atoms with van der Waals surface area (Å²) in [4.78, 5) is 10.1. The van der Waals surface area contributed by atoms with E-state index in [1.54, 1.807) is 6.07 Å². The van der Waals surface area contributed by atoms with E-state index in [9.17, 15) is 5.11 Å². The number of phenolic OH excluding ortho intramolecular Hbond substituents is 1. The summed E-state index contributed by atoms with van der Waals surface area (Å²) in [6.45, 7) is 8.06. The Morgan fingerprint density at radius 2 is 1.39 bits per heavy atom. The fraction of sp³-hybridized carbons (Fsp3) is 0.143. The van der Waals surface area contributed by atoms with Crippen LogP contribution in [0.3, 0.4) is 0 Å². The van der Waals surface area contributed by atoms with Gasteiger partial charge in [-0.3, -0.25) is 9.55 Å². The molecule has 0 aliphatic rings. The number of imidazole rings is 1. The summed E-state index contributed by atoms with van der Waals surface area (Å²) in [7, 11) is 0. The van der Waals surface area contributed by atoms with Crippen molar-refractivity contribution in [2.24, 2.45) is 0 Å². The van der Waals surface area contributed by atoms with Gasteiger partial charge in [0, 0.05) is 42.8 Å². The van der Waals surface area contributed by atoms with Crippen LogP contribution in [0.25, 0.3) is 72.7 Å². The van der Waals surface area contributed by atoms with Crippen LogP contribution < -0.4 is 0 Å². The number of aryl methyl sites for hydroxylation is 3. The molecule has 0 aliphatic heterocycles. The number of hydrogen-bond acceptors (Lipinski definition) is 3. The van der Waals surface area contributed by atoms with E-state index >= 15 is 0 Å². The summed E-state index contributed by atoms with van der Waals surface area (Å²) in [6.07, 6.45) is 1.84. The first-order valence-corrected chi connectivity index (χ1v) is 17.9. The number of aromatic nitrogens is 3. The van der Waals surface area contributed by atoms with Crippen LogP contribution in [-0.2, 0) is 26.5 Å². The minimum absolute atomic E-state index is 0. The molecule has 270 valence electrons. The fourth-order valence-electron chi connectivity index (χ4n) is 7.10. The molecule has 2 heterocycles. The van der Waals surface area contributed by atoms with Crippen LogP contribution in [-0.4, -0.2) is 19.6 Å². The molecule has 0 amide bonds. The molecule has 0 radical (unpaired) electrons. The zero-order chi connectivity index (χ0) is 39.4. The van der Waals surface area contributed by atoms with E-state index in [0.717, 1.165) is 61.3 Å². The molecule has 0 bridgehead atoms. The van der Waals surface area contributed by atoms with Crippen molar-refractivity contribution >= 4 is 11.0 Å². The zero-order valence-electron chi connectivity index (χ0n) is 33.9. The monoisotopic (exact) mass is 886 g/mol. The van der Waals surface area contributed by atoms with Crippen LogP contribution in [0.4, 0.5) is 0 Å². The standard InChI is InChI=1S/C49H42N3O.Pt/c1-31-24-33(3)47(53)43(25-31)48-51-46-42(18-13-19-45(46)52(48)40-20-21-41(32(2)26-40)35-16-11-8-12-17-35)37-27-38(29-39(28-37)49(4,5)6)44-30-36(22-23-50-44)34-14-9-7-10-15-34;/h7-26,28-30,53H,1-6H3;/q-1;/i2D3;. The van der Waals surface area contributed by atoms with E-state index in [2.05, 4.69) is 57.2 Å². The molecule has 0 atom stereocenters. The minimum atomic E-state index is -2.39. The van der Waals surface area contributed by atoms with Gasteiger partial charge in [0.25, 0.3) is 0 Å². The Kier molecular flexibility index (Phi) is 8.98. The molecule has 1 N–H and O–H groups in total. The maximum absolute atomic E-state index is 11.6. The van der Waals surface area contributed by atoms with Gasteiger partial charge in [-0.2, -0.15) is 0 Å². The zero-order valence-corrected chi connectivity index (χ0v) is 33.2. The molecular weight excluding hydrogens is 842 g/mol. The fourth-order valence-corrected chi connectivity index (χ4v) is 7.10. The van der Waals surface area contributed by atoms with E-state index in [4.69, 9.17) is 14.1 Å². The Morgan fingerprint density at radius 3 is 2.11 bits per heavy atom. The van der Waals surface area contributed by atoms with Crippen molar-refractivity contribution < 1.29 is 30.3 Å². The Morgan fingerprint density at radius 1 is 0.667 bits per heavy atom. The van der Waals surface area contributed by atoms with E-state index in [1.807, 2.05) is 122 Å². The van der Waals surface area contributed by atoms with Crippen LogP contribution >= 0.6 is 0 Å². The molecule has 0 saturated carbocycles. The largest absolute Gasteiger partial charge is 0.507 e. The summed E-state index contributed by atoms with van der Waals surface area (Å²) >= 11 is 0. The molecule has 0 fully saturated rings. The van der Waals surface area contributed by atoms with Crippen molar-refractivity contribution in [3.8, 4) is 67.5 Å². The summed E-state index contributed by atoms with van der Waals surface area (Å²) in [5.74, 6) is 0.628. The number of benzene rings is 6. The van der Waals surface area contributed by atoms with E-state index in [0.29, 0.717) is 28.2 Å². The first-order valence-electron chi connectivity index (χ1n) is 19.4. The normalized spacial score (nSPS) is 12.5. The van der Waals surface area contributed by atoms with E-state index in [-0.39, 0.29) is 37.8 Å². The second-order valence-corrected chi connectivity index (χ2v) is 14.8. The molecule has 2 aromatic heterocycles. The van der Waals surface area contributed by atoms with Gasteiger partial charge in [0.15, 0.2) is 0 Å². The molecule has 0 saturated heterocycles. The molecule has 6 aromatic carbocycles. The quantitative estimate of drug-likeness (QED) is 0.169. The summed E-state index contributed by atoms with van der Waals surface area (Å²) < 4.78 is 27.7. The topological polar surface area (TPSA) is 50.9 Å². The third-order valence-corrected chi connectivity index (χ3v) is 9.89. The van der Waals surface area contributed by atoms with Gasteiger partial charge in [0.2, 0.25) is 0 Å². The smallest absolute Gasteiger partial charge is 0.148 e. The number of rotatable bonds is 6. The molecule has 0 unspecified atom stereocenters. The molecule has 8 aromatic rings. The van der Waals surface area contributed by atoms with Crippen molar-refractivity contribution in [1.82, 2.24) is 14.5 Å². The maximum atomic E-state index is 11.6. The Balaban J connectivity index is 0.00000496. The Bertz CT molecular complexity index is 2750. The van der Waals surface area contributed by atoms with Crippen LogP contribution in [0.15, 0.2) is 140 Å². The molecule has 54 heavy (non-hydrogen) atoms. The average Bonchev–Trinajstić information content (AvgIpc) is 3.58. The van der Waals surface area contributed by atoms with Crippen molar-refractivity contribution in [2.45, 2.75) is 46.9 Å². The van der Waals surface area contributed by atoms with Crippen molar-refractivity contribution in [1.29, 1.82) is 0 Å². The van der Waals surface area contributed by atoms with Crippen LogP contribution in [0, 0.1) is 26.8 Å². The van der Waals surface area contributed by atoms with Crippen molar-refractivity contribution in [2.75, 3.05) is 0 Å². The molecular formula is C49H42N3OPt-. The molecule has 4 nitrogen and oxygen atoms in total. The molecule has 5 heteroatoms. The predicted molar refractivity (Wildman–Crippen MR) is 219 cm³/mol. The number of fused-ring (bicyclic) bond motifs is 1. The Hall–Kier alpha value is -5.57. The maximum Gasteiger partial charge on any atom is 0.148 e. The first kappa shape index (κ1) is 33.0. The third kappa shape index (κ3) is 6.95. The Labute approximate surface area is 336 Å². The summed E-state index contributed by atoms with van der Waals surface area (Å²) in [6, 6.07) is 47.5. The summed E-state index contributed by atoms with van der Waals surface area (Å²) in [5.41, 5.74) is 12.5. The average molecular weight is 887 g/mol. The van der Waals surface area contributed by atoms with Crippen LogP contribution in [0.2, 0.25) is 0 Å². The van der Waals surface area contributed by atoms with Gasteiger partial charge in [-0.1, -0.05) is 123 Å². The van der Waals surface area contributed by atoms with Crippen LogP contribution in [0.1, 0.15) is 47.1 Å². The number of nitrogens with zero attached hydrogens (tertiary/aromatic N) is 3.